The number of carbonyl (C=O) groups excluding carboxylic acids is 1. The number of anilines is 2. The van der Waals surface area contributed by atoms with Crippen molar-refractivity contribution in [3.05, 3.63) is 62.7 Å². The first kappa shape index (κ1) is 20.1. The fraction of sp³-hybridized carbons (Fsp3) is 0.350. The maximum atomic E-state index is 12.5. The Morgan fingerprint density at radius 1 is 1.25 bits per heavy atom. The summed E-state index contributed by atoms with van der Waals surface area (Å²) in [5.74, 6) is -0.206. The van der Waals surface area contributed by atoms with Crippen molar-refractivity contribution in [1.29, 1.82) is 0 Å². The third-order valence-corrected chi connectivity index (χ3v) is 5.46. The molecule has 0 radical (unpaired) electrons. The molecule has 2 aromatic rings. The lowest BCUT2D eigenvalue weighted by Crippen LogP contribution is -3.15. The Morgan fingerprint density at radius 2 is 1.96 bits per heavy atom. The zero-order valence-electron chi connectivity index (χ0n) is 16.0. The third kappa shape index (κ3) is 4.61. The highest BCUT2D eigenvalue weighted by atomic mass is 35.5. The third-order valence-electron chi connectivity index (χ3n) is 5.23. The summed E-state index contributed by atoms with van der Waals surface area (Å²) < 4.78 is 0. The van der Waals surface area contributed by atoms with Crippen LogP contribution in [-0.2, 0) is 4.79 Å². The summed E-state index contributed by atoms with van der Waals surface area (Å²) in [4.78, 5) is 26.8. The van der Waals surface area contributed by atoms with Crippen molar-refractivity contribution >= 4 is 34.6 Å². The van der Waals surface area contributed by atoms with Gasteiger partial charge in [0.1, 0.15) is 5.69 Å². The van der Waals surface area contributed by atoms with Crippen LogP contribution in [0.25, 0.3) is 0 Å². The Kier molecular flexibility index (Phi) is 6.16. The number of hydrogen-bond acceptors (Lipinski definition) is 4. The minimum atomic E-state index is -0.460. The number of hydrogen-bond donors (Lipinski definition) is 2. The molecule has 8 heteroatoms. The van der Waals surface area contributed by atoms with E-state index in [1.165, 1.54) is 6.07 Å². The number of aryl methyl sites for hydroxylation is 1. The lowest BCUT2D eigenvalue weighted by Gasteiger charge is -2.33. The second kappa shape index (κ2) is 8.58. The van der Waals surface area contributed by atoms with Crippen LogP contribution in [0.2, 0.25) is 5.02 Å². The minimum Gasteiger partial charge on any atom is -0.360 e. The average molecular weight is 404 g/mol. The summed E-state index contributed by atoms with van der Waals surface area (Å²) in [6, 6.07) is 10.9. The number of nitro benzene ring substituents is 1. The predicted molar refractivity (Wildman–Crippen MR) is 110 cm³/mol. The number of nitro groups is 1. The van der Waals surface area contributed by atoms with Gasteiger partial charge in [-0.25, -0.2) is 0 Å². The first-order valence-electron chi connectivity index (χ1n) is 9.23. The molecule has 1 amide bonds. The number of carbonyl (C=O) groups is 1. The van der Waals surface area contributed by atoms with E-state index in [0.29, 0.717) is 10.7 Å². The lowest BCUT2D eigenvalue weighted by molar-refractivity contribution is -0.892. The zero-order valence-corrected chi connectivity index (χ0v) is 16.8. The van der Waals surface area contributed by atoms with Crippen LogP contribution in [0.3, 0.4) is 0 Å². The van der Waals surface area contributed by atoms with Crippen LogP contribution < -0.4 is 15.1 Å². The quantitative estimate of drug-likeness (QED) is 0.592. The second-order valence-electron chi connectivity index (χ2n) is 7.10. The summed E-state index contributed by atoms with van der Waals surface area (Å²) >= 11 is 6.06. The van der Waals surface area contributed by atoms with Crippen molar-refractivity contribution in [3.63, 3.8) is 0 Å². The van der Waals surface area contributed by atoms with Gasteiger partial charge in [0.05, 0.1) is 31.1 Å². The van der Waals surface area contributed by atoms with Crippen molar-refractivity contribution in [1.82, 2.24) is 0 Å². The van der Waals surface area contributed by atoms with E-state index in [2.05, 4.69) is 10.2 Å². The number of rotatable bonds is 5. The maximum absolute atomic E-state index is 12.5. The zero-order chi connectivity index (χ0) is 20.3. The van der Waals surface area contributed by atoms with Gasteiger partial charge in [0.15, 0.2) is 6.54 Å². The van der Waals surface area contributed by atoms with Crippen molar-refractivity contribution in [2.75, 3.05) is 42.9 Å². The van der Waals surface area contributed by atoms with Gasteiger partial charge in [-0.3, -0.25) is 14.9 Å². The number of halogens is 1. The highest BCUT2D eigenvalue weighted by Gasteiger charge is 2.25. The Hall–Kier alpha value is -2.64. The summed E-state index contributed by atoms with van der Waals surface area (Å²) in [7, 11) is 0. The van der Waals surface area contributed by atoms with Crippen LogP contribution in [0.1, 0.15) is 11.1 Å². The van der Waals surface area contributed by atoms with Gasteiger partial charge in [0.2, 0.25) is 0 Å². The normalized spacial score (nSPS) is 14.8. The number of nitrogens with one attached hydrogen (secondary N) is 2. The number of nitrogens with zero attached hydrogens (tertiary/aromatic N) is 2. The van der Waals surface area contributed by atoms with Gasteiger partial charge in [-0.2, -0.15) is 0 Å². The first-order chi connectivity index (χ1) is 13.3. The largest absolute Gasteiger partial charge is 0.360 e. The monoisotopic (exact) mass is 403 g/mol. The van der Waals surface area contributed by atoms with Crippen LogP contribution in [-0.4, -0.2) is 43.6 Å². The van der Waals surface area contributed by atoms with E-state index in [9.17, 15) is 14.9 Å². The Bertz CT molecular complexity index is 895. The summed E-state index contributed by atoms with van der Waals surface area (Å²) in [6.45, 7) is 7.22. The fourth-order valence-corrected chi connectivity index (χ4v) is 3.64. The molecule has 2 N–H and O–H groups in total. The molecule has 0 aromatic heterocycles. The van der Waals surface area contributed by atoms with E-state index in [4.69, 9.17) is 11.6 Å². The van der Waals surface area contributed by atoms with Gasteiger partial charge in [-0.1, -0.05) is 23.7 Å². The molecule has 1 aliphatic rings. The molecule has 0 atom stereocenters. The summed E-state index contributed by atoms with van der Waals surface area (Å²) in [5.41, 5.74) is 2.94. The molecular weight excluding hydrogens is 380 g/mol. The van der Waals surface area contributed by atoms with Gasteiger partial charge in [0, 0.05) is 16.8 Å². The molecule has 3 rings (SSSR count). The van der Waals surface area contributed by atoms with Crippen molar-refractivity contribution in [3.8, 4) is 0 Å². The van der Waals surface area contributed by atoms with Crippen molar-refractivity contribution in [2.45, 2.75) is 13.8 Å². The van der Waals surface area contributed by atoms with E-state index in [0.717, 1.165) is 47.9 Å². The molecule has 7 nitrogen and oxygen atoms in total. The SMILES string of the molecule is Cc1ccc([N+](=O)[O-])c(NC(=O)C[NH+]2CCN(c3cccc(Cl)c3)CC2)c1C. The molecule has 0 bridgehead atoms. The average Bonchev–Trinajstić information content (AvgIpc) is 2.66. The Morgan fingerprint density at radius 3 is 2.61 bits per heavy atom. The molecular formula is C20H24ClN4O3+. The van der Waals surface area contributed by atoms with Gasteiger partial charge in [0.25, 0.3) is 11.6 Å². The molecule has 0 unspecified atom stereocenters. The molecule has 2 aromatic carbocycles. The Balaban J connectivity index is 1.60. The van der Waals surface area contributed by atoms with Crippen LogP contribution in [0.15, 0.2) is 36.4 Å². The van der Waals surface area contributed by atoms with Gasteiger partial charge in [-0.15, -0.1) is 0 Å². The van der Waals surface area contributed by atoms with E-state index in [-0.39, 0.29) is 18.1 Å². The maximum Gasteiger partial charge on any atom is 0.293 e. The molecule has 1 fully saturated rings. The molecule has 0 aliphatic carbocycles. The predicted octanol–water partition coefficient (Wildman–Crippen LogP) is 2.21. The van der Waals surface area contributed by atoms with E-state index >= 15 is 0 Å². The molecule has 28 heavy (non-hydrogen) atoms. The summed E-state index contributed by atoms with van der Waals surface area (Å²) in [6.07, 6.45) is 0. The highest BCUT2D eigenvalue weighted by Crippen LogP contribution is 2.30. The molecule has 1 heterocycles. The standard InChI is InChI=1S/C20H23ClN4O3/c1-14-6-7-18(25(27)28)20(15(14)2)22-19(26)13-23-8-10-24(11-9-23)17-5-3-4-16(21)12-17/h3-7,12H,8-11,13H2,1-2H3,(H,22,26)/p+1. The van der Waals surface area contributed by atoms with Crippen LogP contribution in [0.4, 0.5) is 17.1 Å². The van der Waals surface area contributed by atoms with E-state index in [1.807, 2.05) is 31.2 Å². The first-order valence-corrected chi connectivity index (χ1v) is 9.61. The topological polar surface area (TPSA) is 79.9 Å². The van der Waals surface area contributed by atoms with Crippen molar-refractivity contribution in [2.24, 2.45) is 0 Å². The van der Waals surface area contributed by atoms with Gasteiger partial charge in [-0.05, 0) is 43.2 Å². The molecule has 1 aliphatic heterocycles. The molecule has 0 spiro atoms. The fourth-order valence-electron chi connectivity index (χ4n) is 3.45. The van der Waals surface area contributed by atoms with Gasteiger partial charge < -0.3 is 15.1 Å². The highest BCUT2D eigenvalue weighted by molar-refractivity contribution is 6.30. The number of amides is 1. The second-order valence-corrected chi connectivity index (χ2v) is 7.54. The Labute approximate surface area is 169 Å². The number of benzene rings is 2. The minimum absolute atomic E-state index is 0.0720. The number of piperazine rings is 1. The molecule has 1 saturated heterocycles. The summed E-state index contributed by atoms with van der Waals surface area (Å²) in [5, 5.41) is 14.8. The van der Waals surface area contributed by atoms with E-state index in [1.54, 1.807) is 13.0 Å². The smallest absolute Gasteiger partial charge is 0.293 e. The van der Waals surface area contributed by atoms with Crippen LogP contribution >= 0.6 is 11.6 Å². The lowest BCUT2D eigenvalue weighted by atomic mass is 10.1. The van der Waals surface area contributed by atoms with Gasteiger partial charge >= 0.3 is 0 Å². The van der Waals surface area contributed by atoms with Crippen LogP contribution in [0, 0.1) is 24.0 Å². The molecule has 0 saturated carbocycles. The number of quaternary nitrogens is 1. The van der Waals surface area contributed by atoms with Crippen molar-refractivity contribution < 1.29 is 14.6 Å². The molecule has 148 valence electrons. The van der Waals surface area contributed by atoms with E-state index < -0.39 is 4.92 Å². The van der Waals surface area contributed by atoms with Crippen LogP contribution in [0.5, 0.6) is 0 Å².